The standard InChI is InChI=1S/C19H20N2O5/c1-13-7-8-14(2)17(9-13)25-11-18(22)21-20-10-15-5-3-4-6-16(15)26-12-19(23)24/h3-10H,11-12H2,1-2H3,(H,21,22)(H,23,24)/b20-10-. The molecule has 7 nitrogen and oxygen atoms in total. The van der Waals surface area contributed by atoms with Crippen LogP contribution in [0.25, 0.3) is 0 Å². The highest BCUT2D eigenvalue weighted by Gasteiger charge is 2.06. The van der Waals surface area contributed by atoms with Gasteiger partial charge in [-0.1, -0.05) is 24.3 Å². The van der Waals surface area contributed by atoms with Crippen molar-refractivity contribution in [2.75, 3.05) is 13.2 Å². The van der Waals surface area contributed by atoms with Crippen LogP contribution in [0, 0.1) is 13.8 Å². The first-order valence-corrected chi connectivity index (χ1v) is 7.91. The van der Waals surface area contributed by atoms with E-state index in [9.17, 15) is 9.59 Å². The van der Waals surface area contributed by atoms with Gasteiger partial charge in [0.15, 0.2) is 13.2 Å². The van der Waals surface area contributed by atoms with Crippen molar-refractivity contribution < 1.29 is 24.2 Å². The molecule has 0 fully saturated rings. The van der Waals surface area contributed by atoms with Crippen molar-refractivity contribution in [1.82, 2.24) is 5.43 Å². The second kappa shape index (κ2) is 9.22. The number of hydrogen-bond donors (Lipinski definition) is 2. The van der Waals surface area contributed by atoms with Crippen LogP contribution in [-0.4, -0.2) is 36.4 Å². The van der Waals surface area contributed by atoms with Crippen LogP contribution in [0.15, 0.2) is 47.6 Å². The van der Waals surface area contributed by atoms with E-state index in [2.05, 4.69) is 10.5 Å². The minimum absolute atomic E-state index is 0.168. The summed E-state index contributed by atoms with van der Waals surface area (Å²) >= 11 is 0. The van der Waals surface area contributed by atoms with Crippen molar-refractivity contribution in [3.63, 3.8) is 0 Å². The molecule has 2 aromatic rings. The fourth-order valence-corrected chi connectivity index (χ4v) is 2.07. The molecule has 7 heteroatoms. The Balaban J connectivity index is 1.89. The predicted molar refractivity (Wildman–Crippen MR) is 96.7 cm³/mol. The molecule has 0 aliphatic heterocycles. The lowest BCUT2D eigenvalue weighted by atomic mass is 10.1. The first kappa shape index (κ1) is 19.0. The third-order valence-electron chi connectivity index (χ3n) is 3.37. The lowest BCUT2D eigenvalue weighted by Gasteiger charge is -2.09. The number of carboxylic acids is 1. The van der Waals surface area contributed by atoms with Crippen LogP contribution in [0.3, 0.4) is 0 Å². The van der Waals surface area contributed by atoms with E-state index < -0.39 is 18.5 Å². The minimum Gasteiger partial charge on any atom is -0.483 e. The average molecular weight is 356 g/mol. The maximum absolute atomic E-state index is 11.8. The first-order valence-electron chi connectivity index (χ1n) is 7.91. The lowest BCUT2D eigenvalue weighted by Crippen LogP contribution is -2.24. The Morgan fingerprint density at radius 2 is 1.81 bits per heavy atom. The smallest absolute Gasteiger partial charge is 0.341 e. The van der Waals surface area contributed by atoms with Crippen molar-refractivity contribution in [2.45, 2.75) is 13.8 Å². The Morgan fingerprint density at radius 3 is 2.58 bits per heavy atom. The number of ether oxygens (including phenoxy) is 2. The Morgan fingerprint density at radius 1 is 1.08 bits per heavy atom. The number of amides is 1. The maximum Gasteiger partial charge on any atom is 0.341 e. The second-order valence-electron chi connectivity index (χ2n) is 5.57. The normalized spacial score (nSPS) is 10.5. The zero-order valence-electron chi connectivity index (χ0n) is 14.6. The van der Waals surface area contributed by atoms with Gasteiger partial charge in [-0.05, 0) is 43.2 Å². The molecule has 0 radical (unpaired) electrons. The summed E-state index contributed by atoms with van der Waals surface area (Å²) in [6.45, 7) is 3.22. The highest BCUT2D eigenvalue weighted by atomic mass is 16.5. The molecule has 0 atom stereocenters. The quantitative estimate of drug-likeness (QED) is 0.559. The third-order valence-corrected chi connectivity index (χ3v) is 3.37. The molecule has 136 valence electrons. The van der Waals surface area contributed by atoms with Crippen molar-refractivity contribution in [2.24, 2.45) is 5.10 Å². The fraction of sp³-hybridized carbons (Fsp3) is 0.211. The van der Waals surface area contributed by atoms with Crippen molar-refractivity contribution in [1.29, 1.82) is 0 Å². The van der Waals surface area contributed by atoms with E-state index in [1.807, 2.05) is 32.0 Å². The molecule has 2 aromatic carbocycles. The minimum atomic E-state index is -1.08. The number of nitrogens with one attached hydrogen (secondary N) is 1. The number of benzene rings is 2. The molecule has 0 saturated carbocycles. The zero-order valence-corrected chi connectivity index (χ0v) is 14.6. The molecule has 2 rings (SSSR count). The van der Waals surface area contributed by atoms with E-state index in [-0.39, 0.29) is 6.61 Å². The molecular formula is C19H20N2O5. The molecule has 0 aliphatic carbocycles. The molecule has 0 heterocycles. The highest BCUT2D eigenvalue weighted by molar-refractivity contribution is 5.85. The van der Waals surface area contributed by atoms with Gasteiger partial charge in [-0.2, -0.15) is 5.10 Å². The fourth-order valence-electron chi connectivity index (χ4n) is 2.07. The summed E-state index contributed by atoms with van der Waals surface area (Å²) in [5.74, 6) is -0.476. The Labute approximate surface area is 151 Å². The van der Waals surface area contributed by atoms with Crippen LogP contribution in [0.2, 0.25) is 0 Å². The van der Waals surface area contributed by atoms with Gasteiger partial charge in [0, 0.05) is 5.56 Å². The summed E-state index contributed by atoms with van der Waals surface area (Å²) in [4.78, 5) is 22.4. The number of rotatable bonds is 8. The van der Waals surface area contributed by atoms with Crippen LogP contribution in [0.4, 0.5) is 0 Å². The van der Waals surface area contributed by atoms with Gasteiger partial charge in [-0.3, -0.25) is 4.79 Å². The topological polar surface area (TPSA) is 97.2 Å². The van der Waals surface area contributed by atoms with E-state index in [4.69, 9.17) is 14.6 Å². The van der Waals surface area contributed by atoms with Crippen molar-refractivity contribution in [3.8, 4) is 11.5 Å². The van der Waals surface area contributed by atoms with E-state index in [1.54, 1.807) is 24.3 Å². The van der Waals surface area contributed by atoms with E-state index in [1.165, 1.54) is 6.21 Å². The predicted octanol–water partition coefficient (Wildman–Crippen LogP) is 2.30. The van der Waals surface area contributed by atoms with Gasteiger partial charge in [0.25, 0.3) is 5.91 Å². The molecule has 26 heavy (non-hydrogen) atoms. The molecule has 2 N–H and O–H groups in total. The number of carboxylic acid groups (broad SMARTS) is 1. The summed E-state index contributed by atoms with van der Waals surface area (Å²) in [6.07, 6.45) is 1.38. The summed E-state index contributed by atoms with van der Waals surface area (Å²) in [5, 5.41) is 12.5. The molecule has 0 unspecified atom stereocenters. The van der Waals surface area contributed by atoms with Crippen LogP contribution in [0.5, 0.6) is 11.5 Å². The van der Waals surface area contributed by atoms with Gasteiger partial charge in [-0.15, -0.1) is 0 Å². The highest BCUT2D eigenvalue weighted by Crippen LogP contribution is 2.19. The molecule has 0 spiro atoms. The van der Waals surface area contributed by atoms with Crippen LogP contribution < -0.4 is 14.9 Å². The monoisotopic (exact) mass is 356 g/mol. The molecular weight excluding hydrogens is 336 g/mol. The maximum atomic E-state index is 11.8. The Hall–Kier alpha value is -3.35. The van der Waals surface area contributed by atoms with Gasteiger partial charge < -0.3 is 14.6 Å². The average Bonchev–Trinajstić information content (AvgIpc) is 2.61. The van der Waals surface area contributed by atoms with Gasteiger partial charge in [0.2, 0.25) is 0 Å². The zero-order chi connectivity index (χ0) is 18.9. The first-order chi connectivity index (χ1) is 12.5. The number of para-hydroxylation sites is 1. The van der Waals surface area contributed by atoms with Crippen LogP contribution in [-0.2, 0) is 9.59 Å². The second-order valence-corrected chi connectivity index (χ2v) is 5.57. The third kappa shape index (κ3) is 5.94. The number of hydrogen-bond acceptors (Lipinski definition) is 5. The molecule has 0 bridgehead atoms. The van der Waals surface area contributed by atoms with Gasteiger partial charge in [0.1, 0.15) is 11.5 Å². The van der Waals surface area contributed by atoms with Crippen LogP contribution >= 0.6 is 0 Å². The lowest BCUT2D eigenvalue weighted by molar-refractivity contribution is -0.139. The number of aliphatic carboxylic acids is 1. The van der Waals surface area contributed by atoms with Gasteiger partial charge >= 0.3 is 5.97 Å². The largest absolute Gasteiger partial charge is 0.483 e. The van der Waals surface area contributed by atoms with E-state index in [0.717, 1.165) is 11.1 Å². The number of nitrogens with zero attached hydrogens (tertiary/aromatic N) is 1. The SMILES string of the molecule is Cc1ccc(C)c(OCC(=O)N/N=C\c2ccccc2OCC(=O)O)c1. The summed E-state index contributed by atoms with van der Waals surface area (Å²) in [7, 11) is 0. The summed E-state index contributed by atoms with van der Waals surface area (Å²) < 4.78 is 10.7. The molecule has 0 saturated heterocycles. The molecule has 1 amide bonds. The van der Waals surface area contributed by atoms with Crippen molar-refractivity contribution >= 4 is 18.1 Å². The number of aryl methyl sites for hydroxylation is 2. The molecule has 0 aromatic heterocycles. The van der Waals surface area contributed by atoms with Crippen molar-refractivity contribution in [3.05, 3.63) is 59.2 Å². The Kier molecular flexibility index (Phi) is 6.73. The number of carbonyl (C=O) groups is 2. The van der Waals surface area contributed by atoms with E-state index >= 15 is 0 Å². The van der Waals surface area contributed by atoms with Gasteiger partial charge in [-0.25, -0.2) is 10.2 Å². The van der Waals surface area contributed by atoms with Crippen LogP contribution in [0.1, 0.15) is 16.7 Å². The number of hydrazone groups is 1. The Bertz CT molecular complexity index is 817. The number of carbonyl (C=O) groups excluding carboxylic acids is 1. The molecule has 0 aliphatic rings. The summed E-state index contributed by atoms with van der Waals surface area (Å²) in [5.41, 5.74) is 4.89. The summed E-state index contributed by atoms with van der Waals surface area (Å²) in [6, 6.07) is 12.5. The van der Waals surface area contributed by atoms with Gasteiger partial charge in [0.05, 0.1) is 6.21 Å². The van der Waals surface area contributed by atoms with E-state index in [0.29, 0.717) is 17.1 Å².